The summed E-state index contributed by atoms with van der Waals surface area (Å²) in [6, 6.07) is 13.2. The van der Waals surface area contributed by atoms with Gasteiger partial charge in [0, 0.05) is 0 Å². The summed E-state index contributed by atoms with van der Waals surface area (Å²) in [6.07, 6.45) is 3.47. The first-order valence-electron chi connectivity index (χ1n) is 6.99. The van der Waals surface area contributed by atoms with Gasteiger partial charge in [-0.3, -0.25) is 0 Å². The molecular formula is C17H15NO4S. The number of hydrogen-bond donors (Lipinski definition) is 1. The van der Waals surface area contributed by atoms with Crippen molar-refractivity contribution >= 4 is 22.1 Å². The Hall–Kier alpha value is -2.44. The number of hydrogen-bond acceptors (Lipinski definition) is 4. The van der Waals surface area contributed by atoms with Gasteiger partial charge in [0.1, 0.15) is 0 Å². The number of ether oxygens (including phenoxy) is 1. The summed E-state index contributed by atoms with van der Waals surface area (Å²) in [5.41, 5.74) is 1.61. The van der Waals surface area contributed by atoms with E-state index in [2.05, 4.69) is 9.46 Å². The van der Waals surface area contributed by atoms with Crippen molar-refractivity contribution in [2.24, 2.45) is 0 Å². The summed E-state index contributed by atoms with van der Waals surface area (Å²) in [4.78, 5) is 11.8. The molecule has 0 spiro atoms. The molecule has 0 aromatic heterocycles. The Morgan fingerprint density at radius 1 is 1.13 bits per heavy atom. The number of carbonyl (C=O) groups excluding carboxylic acids is 1. The van der Waals surface area contributed by atoms with Crippen molar-refractivity contribution in [2.45, 2.75) is 10.9 Å². The molecule has 3 rings (SSSR count). The van der Waals surface area contributed by atoms with E-state index in [1.54, 1.807) is 12.2 Å². The molecule has 1 aliphatic rings. The van der Waals surface area contributed by atoms with Gasteiger partial charge in [-0.15, -0.1) is 0 Å². The third-order valence-electron chi connectivity index (χ3n) is 3.63. The van der Waals surface area contributed by atoms with Crippen molar-refractivity contribution < 1.29 is 17.9 Å². The Morgan fingerprint density at radius 2 is 1.87 bits per heavy atom. The quantitative estimate of drug-likeness (QED) is 0.859. The van der Waals surface area contributed by atoms with Gasteiger partial charge in [-0.1, -0.05) is 42.5 Å². The molecule has 1 unspecified atom stereocenters. The fourth-order valence-corrected chi connectivity index (χ4v) is 3.84. The molecule has 5 nitrogen and oxygen atoms in total. The fraction of sp³-hybridized carbons (Fsp3) is 0.118. The molecule has 0 fully saturated rings. The molecule has 1 aliphatic heterocycles. The molecule has 0 bridgehead atoms. The zero-order valence-electron chi connectivity index (χ0n) is 12.4. The number of rotatable bonds is 2. The van der Waals surface area contributed by atoms with E-state index in [4.69, 9.17) is 0 Å². The smallest absolute Gasteiger partial charge is 0.337 e. The van der Waals surface area contributed by atoms with Gasteiger partial charge >= 0.3 is 5.97 Å². The number of methoxy groups -OCH3 is 1. The van der Waals surface area contributed by atoms with E-state index in [9.17, 15) is 13.2 Å². The van der Waals surface area contributed by atoms with E-state index < -0.39 is 22.0 Å². The van der Waals surface area contributed by atoms with Crippen molar-refractivity contribution in [3.8, 4) is 0 Å². The minimum atomic E-state index is -3.69. The van der Waals surface area contributed by atoms with Crippen molar-refractivity contribution in [3.05, 3.63) is 71.3 Å². The summed E-state index contributed by atoms with van der Waals surface area (Å²) in [5.74, 6) is -0.504. The number of sulfonamides is 1. The Bertz CT molecular complexity index is 873. The van der Waals surface area contributed by atoms with Crippen LogP contribution in [0, 0.1) is 0 Å². The molecule has 1 atom stereocenters. The van der Waals surface area contributed by atoms with Crippen LogP contribution >= 0.6 is 0 Å². The lowest BCUT2D eigenvalue weighted by Crippen LogP contribution is -2.26. The van der Waals surface area contributed by atoms with Crippen molar-refractivity contribution in [3.63, 3.8) is 0 Å². The van der Waals surface area contributed by atoms with Gasteiger partial charge in [0.2, 0.25) is 10.0 Å². The molecule has 118 valence electrons. The van der Waals surface area contributed by atoms with Gasteiger partial charge < -0.3 is 4.74 Å². The van der Waals surface area contributed by atoms with E-state index in [0.717, 1.165) is 5.56 Å². The van der Waals surface area contributed by atoms with Gasteiger partial charge in [-0.25, -0.2) is 13.2 Å². The van der Waals surface area contributed by atoms with Gasteiger partial charge in [-0.2, -0.15) is 4.72 Å². The summed E-state index contributed by atoms with van der Waals surface area (Å²) in [7, 11) is -2.40. The second kappa shape index (κ2) is 5.98. The fourth-order valence-electron chi connectivity index (χ4n) is 2.48. The van der Waals surface area contributed by atoms with Crippen LogP contribution in [-0.4, -0.2) is 21.5 Å². The predicted molar refractivity (Wildman–Crippen MR) is 86.3 cm³/mol. The number of nitrogens with one attached hydrogen (secondary N) is 1. The van der Waals surface area contributed by atoms with Crippen LogP contribution in [0.5, 0.6) is 0 Å². The Labute approximate surface area is 134 Å². The molecule has 2 aromatic carbocycles. The van der Waals surface area contributed by atoms with Gasteiger partial charge in [0.25, 0.3) is 0 Å². The summed E-state index contributed by atoms with van der Waals surface area (Å²) < 4.78 is 32.5. The summed E-state index contributed by atoms with van der Waals surface area (Å²) >= 11 is 0. The van der Waals surface area contributed by atoms with Crippen LogP contribution in [0.3, 0.4) is 0 Å². The molecule has 6 heteroatoms. The number of esters is 1. The van der Waals surface area contributed by atoms with Crippen LogP contribution in [0.25, 0.3) is 6.08 Å². The van der Waals surface area contributed by atoms with E-state index >= 15 is 0 Å². The first-order valence-corrected chi connectivity index (χ1v) is 8.47. The molecule has 0 saturated heterocycles. The molecule has 0 aliphatic carbocycles. The number of carbonyl (C=O) groups is 1. The monoisotopic (exact) mass is 329 g/mol. The molecule has 0 amide bonds. The van der Waals surface area contributed by atoms with Crippen LogP contribution in [0.1, 0.15) is 27.5 Å². The molecular weight excluding hydrogens is 314 g/mol. The van der Waals surface area contributed by atoms with Gasteiger partial charge in [0.05, 0.1) is 23.6 Å². The zero-order chi connectivity index (χ0) is 16.4. The second-order valence-corrected chi connectivity index (χ2v) is 6.80. The lowest BCUT2D eigenvalue weighted by molar-refractivity contribution is 0.0600. The van der Waals surface area contributed by atoms with Crippen LogP contribution in [0.4, 0.5) is 0 Å². The maximum atomic E-state index is 12.6. The SMILES string of the molecule is COC(=O)c1ccc2c(c1)C=CC(c1ccccc1)NS2(=O)=O. The molecule has 0 radical (unpaired) electrons. The van der Waals surface area contributed by atoms with Gasteiger partial charge in [-0.05, 0) is 29.3 Å². The van der Waals surface area contributed by atoms with Gasteiger partial charge in [0.15, 0.2) is 0 Å². The minimum absolute atomic E-state index is 0.139. The lowest BCUT2D eigenvalue weighted by atomic mass is 10.1. The second-order valence-electron chi connectivity index (χ2n) is 5.11. The average Bonchev–Trinajstić information content (AvgIpc) is 2.71. The Kier molecular flexibility index (Phi) is 4.02. The highest BCUT2D eigenvalue weighted by Crippen LogP contribution is 2.27. The third-order valence-corrected chi connectivity index (χ3v) is 5.14. The van der Waals surface area contributed by atoms with Crippen molar-refractivity contribution in [1.29, 1.82) is 0 Å². The van der Waals surface area contributed by atoms with Crippen LogP contribution in [0.15, 0.2) is 59.5 Å². The number of benzene rings is 2. The summed E-state index contributed by atoms with van der Waals surface area (Å²) in [6.45, 7) is 0. The third kappa shape index (κ3) is 3.04. The summed E-state index contributed by atoms with van der Waals surface area (Å²) in [5, 5.41) is 0. The molecule has 1 heterocycles. The normalized spacial score (nSPS) is 18.7. The lowest BCUT2D eigenvalue weighted by Gasteiger charge is -2.14. The first-order chi connectivity index (χ1) is 11.0. The van der Waals surface area contributed by atoms with E-state index in [1.807, 2.05) is 30.3 Å². The van der Waals surface area contributed by atoms with E-state index in [0.29, 0.717) is 11.1 Å². The number of fused-ring (bicyclic) bond motifs is 1. The van der Waals surface area contributed by atoms with E-state index in [1.165, 1.54) is 25.3 Å². The molecule has 1 N–H and O–H groups in total. The maximum absolute atomic E-state index is 12.6. The zero-order valence-corrected chi connectivity index (χ0v) is 13.2. The molecule has 0 saturated carbocycles. The van der Waals surface area contributed by atoms with Crippen molar-refractivity contribution in [1.82, 2.24) is 4.72 Å². The molecule has 2 aromatic rings. The van der Waals surface area contributed by atoms with Crippen LogP contribution in [-0.2, 0) is 14.8 Å². The first kappa shape index (κ1) is 15.5. The Balaban J connectivity index is 2.07. The predicted octanol–water partition coefficient (Wildman–Crippen LogP) is 2.52. The molecule has 23 heavy (non-hydrogen) atoms. The highest BCUT2D eigenvalue weighted by molar-refractivity contribution is 7.89. The highest BCUT2D eigenvalue weighted by Gasteiger charge is 2.25. The van der Waals surface area contributed by atoms with Crippen molar-refractivity contribution in [2.75, 3.05) is 7.11 Å². The Morgan fingerprint density at radius 3 is 2.57 bits per heavy atom. The van der Waals surface area contributed by atoms with Crippen LogP contribution in [0.2, 0.25) is 0 Å². The average molecular weight is 329 g/mol. The minimum Gasteiger partial charge on any atom is -0.465 e. The maximum Gasteiger partial charge on any atom is 0.337 e. The highest BCUT2D eigenvalue weighted by atomic mass is 32.2. The van der Waals surface area contributed by atoms with E-state index in [-0.39, 0.29) is 4.90 Å². The van der Waals surface area contributed by atoms with Crippen LogP contribution < -0.4 is 4.72 Å². The largest absolute Gasteiger partial charge is 0.465 e. The standard InChI is InChI=1S/C17H15NO4S/c1-22-17(19)14-8-10-16-13(11-14)7-9-15(18-23(16,20)21)12-5-3-2-4-6-12/h2-11,15,18H,1H3. The topological polar surface area (TPSA) is 72.5 Å².